The van der Waals surface area contributed by atoms with Crippen LogP contribution in [-0.2, 0) is 13.1 Å². The molecule has 0 aliphatic carbocycles. The molecule has 0 aliphatic rings. The van der Waals surface area contributed by atoms with Gasteiger partial charge in [-0.3, -0.25) is 0 Å². The Labute approximate surface area is 108 Å². The SMILES string of the molecule is Cc1nccn1CCN(C)Cc1ccccc1N. The van der Waals surface area contributed by atoms with Crippen LogP contribution in [0.4, 0.5) is 5.69 Å². The van der Waals surface area contributed by atoms with Crippen molar-refractivity contribution in [3.63, 3.8) is 0 Å². The smallest absolute Gasteiger partial charge is 0.105 e. The number of hydrogen-bond donors (Lipinski definition) is 1. The summed E-state index contributed by atoms with van der Waals surface area (Å²) < 4.78 is 2.16. The Bertz CT molecular complexity index is 504. The largest absolute Gasteiger partial charge is 0.398 e. The first-order chi connectivity index (χ1) is 8.66. The van der Waals surface area contributed by atoms with Crippen LogP contribution in [-0.4, -0.2) is 28.0 Å². The lowest BCUT2D eigenvalue weighted by Gasteiger charge is -2.18. The molecule has 2 aromatic rings. The van der Waals surface area contributed by atoms with E-state index in [4.69, 9.17) is 5.73 Å². The number of para-hydroxylation sites is 1. The van der Waals surface area contributed by atoms with E-state index in [1.54, 1.807) is 0 Å². The lowest BCUT2D eigenvalue weighted by Crippen LogP contribution is -2.23. The van der Waals surface area contributed by atoms with Crippen molar-refractivity contribution >= 4 is 5.69 Å². The molecule has 0 amide bonds. The summed E-state index contributed by atoms with van der Waals surface area (Å²) in [7, 11) is 2.11. The molecule has 4 heteroatoms. The third-order valence-corrected chi connectivity index (χ3v) is 3.14. The predicted octanol–water partition coefficient (Wildman–Crippen LogP) is 1.91. The van der Waals surface area contributed by atoms with Gasteiger partial charge < -0.3 is 15.2 Å². The van der Waals surface area contributed by atoms with Gasteiger partial charge in [0, 0.05) is 37.7 Å². The Balaban J connectivity index is 1.88. The normalized spacial score (nSPS) is 11.1. The number of imidazole rings is 1. The molecule has 2 rings (SSSR count). The summed E-state index contributed by atoms with van der Waals surface area (Å²) >= 11 is 0. The number of aryl methyl sites for hydroxylation is 1. The lowest BCUT2D eigenvalue weighted by molar-refractivity contribution is 0.311. The van der Waals surface area contributed by atoms with Crippen molar-refractivity contribution in [1.29, 1.82) is 0 Å². The summed E-state index contributed by atoms with van der Waals surface area (Å²) in [5.41, 5.74) is 7.99. The van der Waals surface area contributed by atoms with E-state index in [1.165, 1.54) is 5.56 Å². The highest BCUT2D eigenvalue weighted by Gasteiger charge is 2.04. The maximum atomic E-state index is 5.94. The predicted molar refractivity (Wildman–Crippen MR) is 74.2 cm³/mol. The molecule has 0 unspecified atom stereocenters. The molecular formula is C14H20N4. The van der Waals surface area contributed by atoms with Crippen molar-refractivity contribution in [3.8, 4) is 0 Å². The van der Waals surface area contributed by atoms with E-state index in [2.05, 4.69) is 27.6 Å². The monoisotopic (exact) mass is 244 g/mol. The maximum absolute atomic E-state index is 5.94. The van der Waals surface area contributed by atoms with Crippen LogP contribution in [0.25, 0.3) is 0 Å². The molecule has 0 fully saturated rings. The highest BCUT2D eigenvalue weighted by molar-refractivity contribution is 5.46. The number of rotatable bonds is 5. The zero-order valence-corrected chi connectivity index (χ0v) is 11.0. The fraction of sp³-hybridized carbons (Fsp3) is 0.357. The zero-order chi connectivity index (χ0) is 13.0. The van der Waals surface area contributed by atoms with Gasteiger partial charge in [-0.25, -0.2) is 4.98 Å². The van der Waals surface area contributed by atoms with Crippen LogP contribution in [0.1, 0.15) is 11.4 Å². The highest BCUT2D eigenvalue weighted by Crippen LogP contribution is 2.12. The minimum atomic E-state index is 0.864. The average molecular weight is 244 g/mol. The van der Waals surface area contributed by atoms with Gasteiger partial charge in [-0.05, 0) is 25.6 Å². The van der Waals surface area contributed by atoms with E-state index in [0.29, 0.717) is 0 Å². The van der Waals surface area contributed by atoms with Gasteiger partial charge >= 0.3 is 0 Å². The Morgan fingerprint density at radius 2 is 2.11 bits per heavy atom. The Morgan fingerprint density at radius 1 is 1.33 bits per heavy atom. The number of likely N-dealkylation sites (N-methyl/N-ethyl adjacent to an activating group) is 1. The molecule has 1 aromatic heterocycles. The fourth-order valence-corrected chi connectivity index (χ4v) is 1.97. The van der Waals surface area contributed by atoms with Crippen molar-refractivity contribution in [2.75, 3.05) is 19.3 Å². The first kappa shape index (κ1) is 12.6. The fourth-order valence-electron chi connectivity index (χ4n) is 1.97. The summed E-state index contributed by atoms with van der Waals surface area (Å²) in [6.07, 6.45) is 3.85. The van der Waals surface area contributed by atoms with Gasteiger partial charge in [-0.2, -0.15) is 0 Å². The van der Waals surface area contributed by atoms with E-state index in [1.807, 2.05) is 37.5 Å². The van der Waals surface area contributed by atoms with Crippen molar-refractivity contribution in [2.45, 2.75) is 20.0 Å². The van der Waals surface area contributed by atoms with E-state index < -0.39 is 0 Å². The summed E-state index contributed by atoms with van der Waals surface area (Å²) in [5, 5.41) is 0. The zero-order valence-electron chi connectivity index (χ0n) is 11.0. The third-order valence-electron chi connectivity index (χ3n) is 3.14. The third kappa shape index (κ3) is 3.11. The molecule has 0 atom stereocenters. The van der Waals surface area contributed by atoms with Crippen LogP contribution >= 0.6 is 0 Å². The van der Waals surface area contributed by atoms with Crippen LogP contribution in [0.15, 0.2) is 36.7 Å². The summed E-state index contributed by atoms with van der Waals surface area (Å²) in [4.78, 5) is 6.49. The first-order valence-corrected chi connectivity index (χ1v) is 6.16. The van der Waals surface area contributed by atoms with Gasteiger partial charge in [0.15, 0.2) is 0 Å². The molecule has 1 aromatic carbocycles. The molecule has 4 nitrogen and oxygen atoms in total. The standard InChI is InChI=1S/C14H20N4/c1-12-16-7-8-18(12)10-9-17(2)11-13-5-3-4-6-14(13)15/h3-8H,9-11,15H2,1-2H3. The molecule has 0 saturated carbocycles. The molecule has 0 saturated heterocycles. The van der Waals surface area contributed by atoms with E-state index in [0.717, 1.165) is 31.1 Å². The molecular weight excluding hydrogens is 224 g/mol. The lowest BCUT2D eigenvalue weighted by atomic mass is 10.2. The second-order valence-electron chi connectivity index (χ2n) is 4.60. The number of nitrogen functional groups attached to an aromatic ring is 1. The van der Waals surface area contributed by atoms with E-state index >= 15 is 0 Å². The highest BCUT2D eigenvalue weighted by atomic mass is 15.1. The Morgan fingerprint density at radius 3 is 2.78 bits per heavy atom. The van der Waals surface area contributed by atoms with Crippen LogP contribution in [0, 0.1) is 6.92 Å². The summed E-state index contributed by atoms with van der Waals surface area (Å²) in [5.74, 6) is 1.06. The number of aromatic nitrogens is 2. The molecule has 96 valence electrons. The molecule has 2 N–H and O–H groups in total. The van der Waals surface area contributed by atoms with Crippen LogP contribution in [0.3, 0.4) is 0 Å². The van der Waals surface area contributed by atoms with Gasteiger partial charge in [0.05, 0.1) is 0 Å². The van der Waals surface area contributed by atoms with E-state index in [-0.39, 0.29) is 0 Å². The minimum Gasteiger partial charge on any atom is -0.398 e. The van der Waals surface area contributed by atoms with Crippen molar-refractivity contribution in [1.82, 2.24) is 14.5 Å². The molecule has 1 heterocycles. The van der Waals surface area contributed by atoms with Crippen molar-refractivity contribution in [3.05, 3.63) is 48.0 Å². The summed E-state index contributed by atoms with van der Waals surface area (Å²) in [6, 6.07) is 8.02. The first-order valence-electron chi connectivity index (χ1n) is 6.16. The number of benzene rings is 1. The number of nitrogens with two attached hydrogens (primary N) is 1. The quantitative estimate of drug-likeness (QED) is 0.817. The topological polar surface area (TPSA) is 47.1 Å². The molecule has 0 aliphatic heterocycles. The maximum Gasteiger partial charge on any atom is 0.105 e. The second kappa shape index (κ2) is 5.69. The van der Waals surface area contributed by atoms with Crippen LogP contribution in [0.2, 0.25) is 0 Å². The molecule has 18 heavy (non-hydrogen) atoms. The molecule has 0 spiro atoms. The van der Waals surface area contributed by atoms with Gasteiger partial charge in [0.25, 0.3) is 0 Å². The average Bonchev–Trinajstić information content (AvgIpc) is 2.75. The number of hydrogen-bond acceptors (Lipinski definition) is 3. The Hall–Kier alpha value is -1.81. The molecule has 0 bridgehead atoms. The van der Waals surface area contributed by atoms with Gasteiger partial charge in [-0.15, -0.1) is 0 Å². The van der Waals surface area contributed by atoms with E-state index in [9.17, 15) is 0 Å². The van der Waals surface area contributed by atoms with Gasteiger partial charge in [-0.1, -0.05) is 18.2 Å². The minimum absolute atomic E-state index is 0.864. The Kier molecular flexibility index (Phi) is 3.99. The second-order valence-corrected chi connectivity index (χ2v) is 4.60. The van der Waals surface area contributed by atoms with Crippen molar-refractivity contribution in [2.24, 2.45) is 0 Å². The van der Waals surface area contributed by atoms with Crippen molar-refractivity contribution < 1.29 is 0 Å². The number of anilines is 1. The molecule has 0 radical (unpaired) electrons. The van der Waals surface area contributed by atoms with Gasteiger partial charge in [0.2, 0.25) is 0 Å². The number of nitrogens with zero attached hydrogens (tertiary/aromatic N) is 3. The van der Waals surface area contributed by atoms with Crippen LogP contribution in [0.5, 0.6) is 0 Å². The van der Waals surface area contributed by atoms with Crippen LogP contribution < -0.4 is 5.73 Å². The van der Waals surface area contributed by atoms with Gasteiger partial charge in [0.1, 0.15) is 5.82 Å². The summed E-state index contributed by atoms with van der Waals surface area (Å²) in [6.45, 7) is 4.83.